The Morgan fingerprint density at radius 3 is 1.83 bits per heavy atom. The molecule has 4 nitrogen and oxygen atoms in total. The number of aryl methyl sites for hydroxylation is 2. The van der Waals surface area contributed by atoms with E-state index in [1.165, 1.54) is 68.2 Å². The number of hydrogen-bond donors (Lipinski definition) is 0. The molecule has 2 rings (SSSR count). The molecule has 0 N–H and O–H groups in total. The van der Waals surface area contributed by atoms with Crippen molar-refractivity contribution in [2.45, 2.75) is 114 Å². The van der Waals surface area contributed by atoms with Gasteiger partial charge in [0.1, 0.15) is 5.71 Å². The summed E-state index contributed by atoms with van der Waals surface area (Å²) in [5, 5.41) is 4.09. The minimum absolute atomic E-state index is 0.252. The fourth-order valence-corrected chi connectivity index (χ4v) is 5.20. The van der Waals surface area contributed by atoms with Gasteiger partial charge in [0.2, 0.25) is 0 Å². The summed E-state index contributed by atoms with van der Waals surface area (Å²) >= 11 is 0. The van der Waals surface area contributed by atoms with E-state index in [2.05, 4.69) is 84.5 Å². The van der Waals surface area contributed by atoms with Crippen LogP contribution in [-0.2, 0) is 9.63 Å². The molecule has 1 aliphatic heterocycles. The van der Waals surface area contributed by atoms with Crippen molar-refractivity contribution < 1.29 is 9.63 Å². The molecule has 0 bridgehead atoms. The van der Waals surface area contributed by atoms with Crippen LogP contribution in [0.1, 0.15) is 117 Å². The summed E-state index contributed by atoms with van der Waals surface area (Å²) in [5.74, 6) is 1.08. The molecule has 0 saturated carbocycles. The summed E-state index contributed by atoms with van der Waals surface area (Å²) < 4.78 is 0. The van der Waals surface area contributed by atoms with Crippen molar-refractivity contribution in [3.05, 3.63) is 34.4 Å². The van der Waals surface area contributed by atoms with Gasteiger partial charge in [0.15, 0.2) is 0 Å². The van der Waals surface area contributed by atoms with Gasteiger partial charge in [0.05, 0.1) is 5.57 Å². The van der Waals surface area contributed by atoms with E-state index in [9.17, 15) is 4.79 Å². The third-order valence-corrected chi connectivity index (χ3v) is 7.68. The predicted octanol–water partition coefficient (Wildman–Crippen LogP) is 8.88. The van der Waals surface area contributed by atoms with E-state index in [1.807, 2.05) is 6.08 Å². The Bertz CT molecular complexity index is 882. The first kappa shape index (κ1) is 30.1. The maximum Gasteiger partial charge on any atom is 0.367 e. The molecular weight excluding hydrogens is 444 g/mol. The van der Waals surface area contributed by atoms with Gasteiger partial charge in [-0.3, -0.25) is 0 Å². The quantitative estimate of drug-likeness (QED) is 0.191. The Morgan fingerprint density at radius 2 is 1.42 bits per heavy atom. The van der Waals surface area contributed by atoms with Crippen molar-refractivity contribution >= 4 is 23.4 Å². The highest BCUT2D eigenvalue weighted by molar-refractivity contribution is 6.26. The zero-order chi connectivity index (χ0) is 26.9. The lowest BCUT2D eigenvalue weighted by atomic mass is 9.84. The summed E-state index contributed by atoms with van der Waals surface area (Å²) in [6.07, 6.45) is 12.2. The molecule has 0 spiro atoms. The molecule has 2 unspecified atom stereocenters. The maximum absolute atomic E-state index is 12.5. The van der Waals surface area contributed by atoms with Crippen molar-refractivity contribution in [1.29, 1.82) is 0 Å². The number of oxime groups is 1. The second-order valence-corrected chi connectivity index (χ2v) is 11.9. The molecule has 36 heavy (non-hydrogen) atoms. The lowest BCUT2D eigenvalue weighted by Gasteiger charge is -2.33. The van der Waals surface area contributed by atoms with E-state index in [0.29, 0.717) is 5.57 Å². The summed E-state index contributed by atoms with van der Waals surface area (Å²) in [7, 11) is 0. The first-order chi connectivity index (χ1) is 17.0. The van der Waals surface area contributed by atoms with Crippen molar-refractivity contribution in [2.75, 3.05) is 18.0 Å². The van der Waals surface area contributed by atoms with E-state index in [-0.39, 0.29) is 11.4 Å². The standard InChI is InChI=1S/C32H52N2O2/c1-10-14-16-25(12-3)21-34(22-26(13-4)17-15-11-2)27-18-23(5)28(24(6)19-27)20-29-30(32(7,8)9)33-36-31(29)35/h18-20,25-26H,10-17,21-22H2,1-9H3. The molecule has 1 aliphatic rings. The van der Waals surface area contributed by atoms with E-state index >= 15 is 0 Å². The van der Waals surface area contributed by atoms with Crippen LogP contribution in [0.3, 0.4) is 0 Å². The molecule has 0 amide bonds. The van der Waals surface area contributed by atoms with Crippen LogP contribution in [0.5, 0.6) is 0 Å². The number of anilines is 1. The number of nitrogens with zero attached hydrogens (tertiary/aromatic N) is 2. The van der Waals surface area contributed by atoms with Crippen LogP contribution in [0.4, 0.5) is 5.69 Å². The average Bonchev–Trinajstić information content (AvgIpc) is 3.20. The van der Waals surface area contributed by atoms with Crippen LogP contribution in [0, 0.1) is 31.1 Å². The third-order valence-electron chi connectivity index (χ3n) is 7.68. The zero-order valence-corrected chi connectivity index (χ0v) is 24.7. The summed E-state index contributed by atoms with van der Waals surface area (Å²) in [6.45, 7) is 22.0. The number of benzene rings is 1. The van der Waals surface area contributed by atoms with Crippen LogP contribution in [0.15, 0.2) is 22.9 Å². The Hall–Kier alpha value is -2.10. The molecule has 0 radical (unpaired) electrons. The van der Waals surface area contributed by atoms with Crippen molar-refractivity contribution in [3.8, 4) is 0 Å². The largest absolute Gasteiger partial charge is 0.371 e. The van der Waals surface area contributed by atoms with Crippen LogP contribution in [0.25, 0.3) is 6.08 Å². The molecule has 0 aromatic heterocycles. The van der Waals surface area contributed by atoms with Gasteiger partial charge in [-0.05, 0) is 73.4 Å². The molecule has 202 valence electrons. The van der Waals surface area contributed by atoms with Crippen LogP contribution < -0.4 is 4.90 Å². The van der Waals surface area contributed by atoms with E-state index in [4.69, 9.17) is 4.84 Å². The molecular formula is C32H52N2O2. The molecule has 1 aromatic rings. The predicted molar refractivity (Wildman–Crippen MR) is 156 cm³/mol. The Balaban J connectivity index is 2.43. The van der Waals surface area contributed by atoms with Crippen LogP contribution in [-0.4, -0.2) is 24.8 Å². The van der Waals surface area contributed by atoms with Gasteiger partial charge in [-0.1, -0.05) is 92.1 Å². The summed E-state index contributed by atoms with van der Waals surface area (Å²) in [5.41, 5.74) is 5.85. The molecule has 0 aliphatic carbocycles. The highest BCUT2D eigenvalue weighted by Gasteiger charge is 2.34. The molecule has 4 heteroatoms. The first-order valence-electron chi connectivity index (χ1n) is 14.4. The van der Waals surface area contributed by atoms with Crippen molar-refractivity contribution in [3.63, 3.8) is 0 Å². The number of hydrogen-bond acceptors (Lipinski definition) is 4. The second-order valence-electron chi connectivity index (χ2n) is 11.9. The minimum atomic E-state index is -0.354. The van der Waals surface area contributed by atoms with Gasteiger partial charge in [0, 0.05) is 24.2 Å². The zero-order valence-electron chi connectivity index (χ0n) is 24.7. The Labute approximate surface area is 221 Å². The van der Waals surface area contributed by atoms with Crippen LogP contribution >= 0.6 is 0 Å². The molecule has 0 saturated heterocycles. The topological polar surface area (TPSA) is 41.9 Å². The lowest BCUT2D eigenvalue weighted by Crippen LogP contribution is -2.34. The Kier molecular flexibility index (Phi) is 11.7. The van der Waals surface area contributed by atoms with Crippen molar-refractivity contribution in [1.82, 2.24) is 0 Å². The smallest absolute Gasteiger partial charge is 0.367 e. The highest BCUT2D eigenvalue weighted by Crippen LogP contribution is 2.32. The number of carbonyl (C=O) groups is 1. The molecule has 1 heterocycles. The average molecular weight is 497 g/mol. The maximum atomic E-state index is 12.5. The van der Waals surface area contributed by atoms with Gasteiger partial charge in [0.25, 0.3) is 0 Å². The number of unbranched alkanes of at least 4 members (excludes halogenated alkanes) is 2. The van der Waals surface area contributed by atoms with E-state index in [1.54, 1.807) is 0 Å². The highest BCUT2D eigenvalue weighted by atomic mass is 16.7. The minimum Gasteiger partial charge on any atom is -0.371 e. The first-order valence-corrected chi connectivity index (χ1v) is 14.4. The van der Waals surface area contributed by atoms with Crippen molar-refractivity contribution in [2.24, 2.45) is 22.4 Å². The monoisotopic (exact) mass is 496 g/mol. The number of carbonyl (C=O) groups excluding carboxylic acids is 1. The van der Waals surface area contributed by atoms with Gasteiger partial charge < -0.3 is 9.74 Å². The third kappa shape index (κ3) is 8.21. The van der Waals surface area contributed by atoms with Gasteiger partial charge in [-0.2, -0.15) is 0 Å². The van der Waals surface area contributed by atoms with Gasteiger partial charge >= 0.3 is 5.97 Å². The Morgan fingerprint density at radius 1 is 0.917 bits per heavy atom. The van der Waals surface area contributed by atoms with Gasteiger partial charge in [-0.25, -0.2) is 4.79 Å². The molecule has 2 atom stereocenters. The molecule has 0 fully saturated rings. The van der Waals surface area contributed by atoms with Crippen LogP contribution in [0.2, 0.25) is 0 Å². The fourth-order valence-electron chi connectivity index (χ4n) is 5.20. The summed E-state index contributed by atoms with van der Waals surface area (Å²) in [6, 6.07) is 4.65. The van der Waals surface area contributed by atoms with E-state index in [0.717, 1.165) is 36.2 Å². The summed E-state index contributed by atoms with van der Waals surface area (Å²) in [4.78, 5) is 20.2. The van der Waals surface area contributed by atoms with E-state index < -0.39 is 0 Å². The SMILES string of the molecule is CCCCC(CC)CN(CC(CC)CCCC)c1cc(C)c(C=C2C(=O)ON=C2C(C)(C)C)c(C)c1. The normalized spacial score (nSPS) is 16.8. The van der Waals surface area contributed by atoms with Gasteiger partial charge in [-0.15, -0.1) is 0 Å². The fraction of sp³-hybridized carbons (Fsp3) is 0.688. The molecule has 1 aromatic carbocycles. The number of rotatable bonds is 14. The second kappa shape index (κ2) is 14.0. The lowest BCUT2D eigenvalue weighted by molar-refractivity contribution is -0.136.